The Morgan fingerprint density at radius 3 is 2.56 bits per heavy atom. The summed E-state index contributed by atoms with van der Waals surface area (Å²) in [4.78, 5) is 0. The molecule has 2 aromatic carbocycles. The first-order chi connectivity index (χ1) is 8.60. The van der Waals surface area contributed by atoms with Gasteiger partial charge in [0.05, 0.1) is 11.1 Å². The lowest BCUT2D eigenvalue weighted by molar-refractivity contribution is 0.276. The number of ether oxygens (including phenoxy) is 1. The summed E-state index contributed by atoms with van der Waals surface area (Å²) in [6.45, 7) is -0.143. The van der Waals surface area contributed by atoms with E-state index in [1.54, 1.807) is 24.3 Å². The Morgan fingerprint density at radius 1 is 1.06 bits per heavy atom. The summed E-state index contributed by atoms with van der Waals surface area (Å²) < 4.78 is 20.2. The second kappa shape index (κ2) is 5.82. The summed E-state index contributed by atoms with van der Waals surface area (Å²) >= 11 is 6.61. The number of hydrogen-bond acceptors (Lipinski definition) is 2. The summed E-state index contributed by atoms with van der Waals surface area (Å²) in [5.41, 5.74) is 0.634. The Balaban J connectivity index is 2.38. The predicted molar refractivity (Wildman–Crippen MR) is 74.2 cm³/mol. The summed E-state index contributed by atoms with van der Waals surface area (Å²) in [5, 5.41) is 9.23. The molecule has 0 aliphatic rings. The molecular formula is C13H9Br2FO2. The van der Waals surface area contributed by atoms with Crippen molar-refractivity contribution in [1.29, 1.82) is 0 Å². The highest BCUT2D eigenvalue weighted by Gasteiger charge is 2.08. The molecule has 2 nitrogen and oxygen atoms in total. The molecule has 0 fully saturated rings. The molecule has 0 spiro atoms. The second-order valence-corrected chi connectivity index (χ2v) is 5.36. The minimum absolute atomic E-state index is 0.143. The Labute approximate surface area is 121 Å². The van der Waals surface area contributed by atoms with E-state index in [1.807, 2.05) is 0 Å². The average molecular weight is 376 g/mol. The molecule has 0 saturated heterocycles. The highest BCUT2D eigenvalue weighted by atomic mass is 79.9. The van der Waals surface area contributed by atoms with Gasteiger partial charge in [-0.05, 0) is 40.2 Å². The highest BCUT2D eigenvalue weighted by molar-refractivity contribution is 9.10. The van der Waals surface area contributed by atoms with E-state index in [4.69, 9.17) is 4.74 Å². The predicted octanol–water partition coefficient (Wildman–Crippen LogP) is 4.64. The van der Waals surface area contributed by atoms with Crippen LogP contribution in [0, 0.1) is 5.82 Å². The lowest BCUT2D eigenvalue weighted by atomic mass is 10.2. The quantitative estimate of drug-likeness (QED) is 0.847. The van der Waals surface area contributed by atoms with E-state index in [-0.39, 0.29) is 12.4 Å². The van der Waals surface area contributed by atoms with E-state index in [0.717, 1.165) is 4.47 Å². The minimum atomic E-state index is -0.381. The van der Waals surface area contributed by atoms with Gasteiger partial charge in [-0.15, -0.1) is 0 Å². The third kappa shape index (κ3) is 3.10. The van der Waals surface area contributed by atoms with Crippen LogP contribution in [-0.4, -0.2) is 5.11 Å². The Bertz CT molecular complexity index is 573. The number of halogens is 3. The monoisotopic (exact) mass is 374 g/mol. The zero-order valence-corrected chi connectivity index (χ0v) is 12.3. The van der Waals surface area contributed by atoms with Crippen molar-refractivity contribution >= 4 is 31.9 Å². The smallest absolute Gasteiger partial charge is 0.144 e. The van der Waals surface area contributed by atoms with Gasteiger partial charge in [-0.3, -0.25) is 0 Å². The molecule has 94 valence electrons. The molecule has 2 rings (SSSR count). The number of rotatable bonds is 3. The van der Waals surface area contributed by atoms with Gasteiger partial charge in [0.15, 0.2) is 0 Å². The summed E-state index contributed by atoms with van der Waals surface area (Å²) in [6, 6.07) is 9.47. The van der Waals surface area contributed by atoms with Crippen LogP contribution >= 0.6 is 31.9 Å². The maximum atomic E-state index is 13.2. The number of aliphatic hydroxyl groups is 1. The first-order valence-electron chi connectivity index (χ1n) is 5.12. The Kier molecular flexibility index (Phi) is 4.37. The maximum absolute atomic E-state index is 13.2. The lowest BCUT2D eigenvalue weighted by Gasteiger charge is -2.11. The third-order valence-corrected chi connectivity index (χ3v) is 3.46. The number of aliphatic hydroxyl groups excluding tert-OH is 1. The third-order valence-electron chi connectivity index (χ3n) is 2.31. The van der Waals surface area contributed by atoms with Gasteiger partial charge in [0.1, 0.15) is 17.3 Å². The SMILES string of the molecule is OCc1ccc(Br)cc1Oc1cc(F)ccc1Br. The number of hydrogen-bond donors (Lipinski definition) is 1. The first kappa shape index (κ1) is 13.5. The van der Waals surface area contributed by atoms with E-state index in [1.165, 1.54) is 12.1 Å². The van der Waals surface area contributed by atoms with Gasteiger partial charge < -0.3 is 9.84 Å². The summed E-state index contributed by atoms with van der Waals surface area (Å²) in [7, 11) is 0. The fraction of sp³-hybridized carbons (Fsp3) is 0.0769. The molecule has 0 aliphatic heterocycles. The van der Waals surface area contributed by atoms with E-state index in [2.05, 4.69) is 31.9 Å². The molecule has 0 unspecified atom stereocenters. The van der Waals surface area contributed by atoms with Crippen LogP contribution in [0.15, 0.2) is 45.3 Å². The average Bonchev–Trinajstić information content (AvgIpc) is 2.34. The van der Waals surface area contributed by atoms with Gasteiger partial charge in [-0.25, -0.2) is 4.39 Å². The lowest BCUT2D eigenvalue weighted by Crippen LogP contribution is -1.93. The molecule has 0 saturated carbocycles. The fourth-order valence-electron chi connectivity index (χ4n) is 1.43. The molecule has 0 bridgehead atoms. The molecule has 0 radical (unpaired) electrons. The van der Waals surface area contributed by atoms with Gasteiger partial charge in [0.25, 0.3) is 0 Å². The van der Waals surface area contributed by atoms with Crippen LogP contribution in [0.2, 0.25) is 0 Å². The van der Waals surface area contributed by atoms with Crippen molar-refractivity contribution in [3.63, 3.8) is 0 Å². The van der Waals surface area contributed by atoms with Crippen LogP contribution in [0.25, 0.3) is 0 Å². The normalized spacial score (nSPS) is 10.4. The topological polar surface area (TPSA) is 29.5 Å². The van der Waals surface area contributed by atoms with E-state index < -0.39 is 0 Å². The van der Waals surface area contributed by atoms with E-state index in [0.29, 0.717) is 21.5 Å². The molecule has 5 heteroatoms. The minimum Gasteiger partial charge on any atom is -0.456 e. The molecule has 0 amide bonds. The summed E-state index contributed by atoms with van der Waals surface area (Å²) in [5.74, 6) is 0.467. The zero-order valence-electron chi connectivity index (χ0n) is 9.16. The van der Waals surface area contributed by atoms with Crippen LogP contribution in [-0.2, 0) is 6.61 Å². The molecule has 0 heterocycles. The van der Waals surface area contributed by atoms with Gasteiger partial charge in [-0.1, -0.05) is 22.0 Å². The molecular weight excluding hydrogens is 367 g/mol. The molecule has 1 N–H and O–H groups in total. The van der Waals surface area contributed by atoms with Crippen molar-refractivity contribution in [3.05, 3.63) is 56.7 Å². The molecule has 0 aromatic heterocycles. The van der Waals surface area contributed by atoms with Gasteiger partial charge in [0.2, 0.25) is 0 Å². The van der Waals surface area contributed by atoms with Crippen molar-refractivity contribution < 1.29 is 14.2 Å². The standard InChI is InChI=1S/C13H9Br2FO2/c14-9-2-1-8(7-17)12(5-9)18-13-6-10(16)3-4-11(13)15/h1-6,17H,7H2. The van der Waals surface area contributed by atoms with Crippen LogP contribution < -0.4 is 4.74 Å². The van der Waals surface area contributed by atoms with Crippen LogP contribution in [0.1, 0.15) is 5.56 Å². The van der Waals surface area contributed by atoms with E-state index >= 15 is 0 Å². The van der Waals surface area contributed by atoms with Crippen LogP contribution in [0.4, 0.5) is 4.39 Å². The van der Waals surface area contributed by atoms with Gasteiger partial charge in [0, 0.05) is 16.1 Å². The molecule has 0 atom stereocenters. The van der Waals surface area contributed by atoms with Crippen LogP contribution in [0.3, 0.4) is 0 Å². The maximum Gasteiger partial charge on any atom is 0.144 e. The van der Waals surface area contributed by atoms with Crippen LogP contribution in [0.5, 0.6) is 11.5 Å². The first-order valence-corrected chi connectivity index (χ1v) is 6.71. The van der Waals surface area contributed by atoms with Crippen molar-refractivity contribution in [3.8, 4) is 11.5 Å². The molecule has 2 aromatic rings. The van der Waals surface area contributed by atoms with Crippen molar-refractivity contribution in [1.82, 2.24) is 0 Å². The summed E-state index contributed by atoms with van der Waals surface area (Å²) in [6.07, 6.45) is 0. The number of benzene rings is 2. The Morgan fingerprint density at radius 2 is 1.83 bits per heavy atom. The van der Waals surface area contributed by atoms with Gasteiger partial charge >= 0.3 is 0 Å². The van der Waals surface area contributed by atoms with Crippen molar-refractivity contribution in [2.24, 2.45) is 0 Å². The highest BCUT2D eigenvalue weighted by Crippen LogP contribution is 2.33. The largest absolute Gasteiger partial charge is 0.456 e. The fourth-order valence-corrected chi connectivity index (χ4v) is 2.10. The molecule has 0 aliphatic carbocycles. The van der Waals surface area contributed by atoms with Crippen molar-refractivity contribution in [2.45, 2.75) is 6.61 Å². The van der Waals surface area contributed by atoms with E-state index in [9.17, 15) is 9.50 Å². The van der Waals surface area contributed by atoms with Gasteiger partial charge in [-0.2, -0.15) is 0 Å². The molecule has 18 heavy (non-hydrogen) atoms. The second-order valence-electron chi connectivity index (χ2n) is 3.59. The zero-order chi connectivity index (χ0) is 13.1. The Hall–Kier alpha value is -0.910. The van der Waals surface area contributed by atoms with Crippen molar-refractivity contribution in [2.75, 3.05) is 0 Å².